The van der Waals surface area contributed by atoms with Crippen LogP contribution in [-0.2, 0) is 0 Å². The number of aliphatic imine (C=N–C) groups is 1. The standard InChI is InChI=1S/C18H21Cl2N3/c1-5-22(3)12-21-17-10-15(20)11-18(13(17)2)23(4)16-8-6-7-14(19)9-16/h6-12H,5H2,1-4H3. The van der Waals surface area contributed by atoms with Gasteiger partial charge in [-0.05, 0) is 49.7 Å². The molecule has 0 radical (unpaired) electrons. The molecule has 0 spiro atoms. The highest BCUT2D eigenvalue weighted by Gasteiger charge is 2.12. The van der Waals surface area contributed by atoms with Gasteiger partial charge in [0.05, 0.1) is 12.0 Å². The number of benzene rings is 2. The van der Waals surface area contributed by atoms with Crippen molar-refractivity contribution < 1.29 is 0 Å². The molecule has 0 amide bonds. The van der Waals surface area contributed by atoms with Gasteiger partial charge in [-0.25, -0.2) is 4.99 Å². The predicted octanol–water partition coefficient (Wildman–Crippen LogP) is 5.68. The summed E-state index contributed by atoms with van der Waals surface area (Å²) in [4.78, 5) is 8.64. The first kappa shape index (κ1) is 17.6. The first-order chi connectivity index (χ1) is 10.9. The minimum atomic E-state index is 0.658. The average molecular weight is 350 g/mol. The molecule has 122 valence electrons. The van der Waals surface area contributed by atoms with Crippen LogP contribution in [0.15, 0.2) is 41.4 Å². The summed E-state index contributed by atoms with van der Waals surface area (Å²) < 4.78 is 0. The Balaban J connectivity index is 2.43. The molecule has 2 aromatic carbocycles. The Morgan fingerprint density at radius 1 is 1.09 bits per heavy atom. The van der Waals surface area contributed by atoms with Crippen LogP contribution < -0.4 is 4.90 Å². The Morgan fingerprint density at radius 3 is 2.48 bits per heavy atom. The normalized spacial score (nSPS) is 11.0. The Morgan fingerprint density at radius 2 is 1.83 bits per heavy atom. The molecular weight excluding hydrogens is 329 g/mol. The quantitative estimate of drug-likeness (QED) is 0.510. The molecule has 0 N–H and O–H groups in total. The molecule has 2 aromatic rings. The predicted molar refractivity (Wildman–Crippen MR) is 102 cm³/mol. The molecule has 3 nitrogen and oxygen atoms in total. The van der Waals surface area contributed by atoms with Gasteiger partial charge in [-0.15, -0.1) is 0 Å². The van der Waals surface area contributed by atoms with Crippen LogP contribution in [0.4, 0.5) is 17.1 Å². The lowest BCUT2D eigenvalue weighted by atomic mass is 10.1. The molecule has 0 aliphatic carbocycles. The number of anilines is 2. The van der Waals surface area contributed by atoms with Crippen molar-refractivity contribution in [3.63, 3.8) is 0 Å². The molecule has 23 heavy (non-hydrogen) atoms. The van der Waals surface area contributed by atoms with Gasteiger partial charge in [0.1, 0.15) is 0 Å². The molecule has 0 unspecified atom stereocenters. The lowest BCUT2D eigenvalue weighted by Crippen LogP contribution is -2.14. The smallest absolute Gasteiger partial charge is 0.0909 e. The molecule has 0 fully saturated rings. The summed E-state index contributed by atoms with van der Waals surface area (Å²) >= 11 is 12.4. The van der Waals surface area contributed by atoms with Crippen LogP contribution in [0.2, 0.25) is 10.0 Å². The van der Waals surface area contributed by atoms with E-state index in [2.05, 4.69) is 16.8 Å². The van der Waals surface area contributed by atoms with Gasteiger partial charge in [-0.2, -0.15) is 0 Å². The van der Waals surface area contributed by atoms with E-state index in [0.717, 1.165) is 29.2 Å². The lowest BCUT2D eigenvalue weighted by Gasteiger charge is -2.23. The van der Waals surface area contributed by atoms with Crippen LogP contribution >= 0.6 is 23.2 Å². The summed E-state index contributed by atoms with van der Waals surface area (Å²) in [7, 11) is 3.98. The Kier molecular flexibility index (Phi) is 5.91. The summed E-state index contributed by atoms with van der Waals surface area (Å²) in [6.45, 7) is 5.03. The van der Waals surface area contributed by atoms with Crippen LogP contribution in [0.1, 0.15) is 12.5 Å². The van der Waals surface area contributed by atoms with Gasteiger partial charge in [-0.3, -0.25) is 0 Å². The Hall–Kier alpha value is -1.71. The molecule has 0 heterocycles. The van der Waals surface area contributed by atoms with E-state index in [0.29, 0.717) is 10.0 Å². The molecule has 5 heteroatoms. The van der Waals surface area contributed by atoms with Crippen LogP contribution in [-0.4, -0.2) is 31.9 Å². The molecule has 0 aliphatic heterocycles. The van der Waals surface area contributed by atoms with Gasteiger partial charge in [-0.1, -0.05) is 29.3 Å². The van der Waals surface area contributed by atoms with E-state index in [1.165, 1.54) is 0 Å². The average Bonchev–Trinajstić information content (AvgIpc) is 2.54. The number of rotatable bonds is 5. The van der Waals surface area contributed by atoms with Crippen LogP contribution in [0.25, 0.3) is 0 Å². The third-order valence-corrected chi connectivity index (χ3v) is 4.22. The van der Waals surface area contributed by atoms with Crippen molar-refractivity contribution in [3.8, 4) is 0 Å². The summed E-state index contributed by atoms with van der Waals surface area (Å²) in [5.74, 6) is 0. The third-order valence-electron chi connectivity index (χ3n) is 3.77. The Labute approximate surface area is 148 Å². The van der Waals surface area contributed by atoms with Crippen molar-refractivity contribution in [1.82, 2.24) is 4.90 Å². The van der Waals surface area contributed by atoms with Crippen molar-refractivity contribution in [1.29, 1.82) is 0 Å². The van der Waals surface area contributed by atoms with Crippen molar-refractivity contribution in [3.05, 3.63) is 52.0 Å². The zero-order valence-electron chi connectivity index (χ0n) is 13.8. The van der Waals surface area contributed by atoms with E-state index in [1.807, 2.05) is 68.7 Å². The molecule has 0 saturated carbocycles. The van der Waals surface area contributed by atoms with Crippen molar-refractivity contribution in [2.75, 3.05) is 25.5 Å². The van der Waals surface area contributed by atoms with Crippen LogP contribution in [0.3, 0.4) is 0 Å². The SMILES string of the molecule is CCN(C)C=Nc1cc(Cl)cc(N(C)c2cccc(Cl)c2)c1C. The zero-order valence-corrected chi connectivity index (χ0v) is 15.4. The lowest BCUT2D eigenvalue weighted by molar-refractivity contribution is 0.552. The highest BCUT2D eigenvalue weighted by atomic mass is 35.5. The van der Waals surface area contributed by atoms with E-state index in [4.69, 9.17) is 23.2 Å². The fourth-order valence-corrected chi connectivity index (χ4v) is 2.59. The first-order valence-electron chi connectivity index (χ1n) is 7.46. The monoisotopic (exact) mass is 349 g/mol. The summed E-state index contributed by atoms with van der Waals surface area (Å²) in [6, 6.07) is 11.6. The molecular formula is C18H21Cl2N3. The molecule has 0 aliphatic rings. The van der Waals surface area contributed by atoms with Crippen LogP contribution in [0, 0.1) is 6.92 Å². The minimum absolute atomic E-state index is 0.658. The van der Waals surface area contributed by atoms with E-state index in [1.54, 1.807) is 0 Å². The van der Waals surface area contributed by atoms with Gasteiger partial charge >= 0.3 is 0 Å². The molecule has 0 aromatic heterocycles. The number of hydrogen-bond acceptors (Lipinski definition) is 2. The van der Waals surface area contributed by atoms with Crippen molar-refractivity contribution in [2.24, 2.45) is 4.99 Å². The first-order valence-corrected chi connectivity index (χ1v) is 8.21. The number of nitrogens with zero attached hydrogens (tertiary/aromatic N) is 3. The van der Waals surface area contributed by atoms with Crippen molar-refractivity contribution >= 4 is 46.6 Å². The maximum absolute atomic E-state index is 6.29. The third kappa shape index (κ3) is 4.40. The molecule has 0 bridgehead atoms. The molecule has 0 atom stereocenters. The van der Waals surface area contributed by atoms with Crippen molar-refractivity contribution in [2.45, 2.75) is 13.8 Å². The second kappa shape index (κ2) is 7.71. The maximum Gasteiger partial charge on any atom is 0.0909 e. The number of hydrogen-bond donors (Lipinski definition) is 0. The molecule has 0 saturated heterocycles. The highest BCUT2D eigenvalue weighted by Crippen LogP contribution is 2.36. The summed E-state index contributed by atoms with van der Waals surface area (Å²) in [5.41, 5.74) is 3.94. The number of halogens is 2. The molecule has 2 rings (SSSR count). The van der Waals surface area contributed by atoms with E-state index >= 15 is 0 Å². The fraction of sp³-hybridized carbons (Fsp3) is 0.278. The van der Waals surface area contributed by atoms with Gasteiger partial charge in [0, 0.05) is 42.1 Å². The van der Waals surface area contributed by atoms with E-state index in [-0.39, 0.29) is 0 Å². The van der Waals surface area contributed by atoms with Gasteiger partial charge in [0.25, 0.3) is 0 Å². The largest absolute Gasteiger partial charge is 0.366 e. The highest BCUT2D eigenvalue weighted by molar-refractivity contribution is 6.31. The topological polar surface area (TPSA) is 18.8 Å². The second-order valence-electron chi connectivity index (χ2n) is 5.43. The maximum atomic E-state index is 6.29. The van der Waals surface area contributed by atoms with Crippen LogP contribution in [0.5, 0.6) is 0 Å². The zero-order chi connectivity index (χ0) is 17.0. The van der Waals surface area contributed by atoms with Gasteiger partial charge < -0.3 is 9.80 Å². The Bertz CT molecular complexity index is 713. The van der Waals surface area contributed by atoms with E-state index in [9.17, 15) is 0 Å². The summed E-state index contributed by atoms with van der Waals surface area (Å²) in [5, 5.41) is 1.36. The van der Waals surface area contributed by atoms with E-state index < -0.39 is 0 Å². The van der Waals surface area contributed by atoms with Gasteiger partial charge in [0.15, 0.2) is 0 Å². The fourth-order valence-electron chi connectivity index (χ4n) is 2.20. The second-order valence-corrected chi connectivity index (χ2v) is 6.30. The summed E-state index contributed by atoms with van der Waals surface area (Å²) in [6.07, 6.45) is 1.82. The minimum Gasteiger partial charge on any atom is -0.366 e. The van der Waals surface area contributed by atoms with Gasteiger partial charge in [0.2, 0.25) is 0 Å².